The van der Waals surface area contributed by atoms with E-state index >= 15 is 0 Å². The molecule has 1 aromatic heterocycles. The van der Waals surface area contributed by atoms with Crippen molar-refractivity contribution >= 4 is 12.4 Å². The highest BCUT2D eigenvalue weighted by Crippen LogP contribution is 1.90. The lowest BCUT2D eigenvalue weighted by atomic mass is 10.3. The van der Waals surface area contributed by atoms with E-state index in [1.807, 2.05) is 12.1 Å². The molecular formula is C8H10N4. The quantitative estimate of drug-likeness (QED) is 0.597. The van der Waals surface area contributed by atoms with Gasteiger partial charge in [-0.15, -0.1) is 10.2 Å². The lowest BCUT2D eigenvalue weighted by molar-refractivity contribution is 1.01. The predicted octanol–water partition coefficient (Wildman–Crippen LogP) is 0.574. The van der Waals surface area contributed by atoms with Crippen LogP contribution in [0.15, 0.2) is 22.1 Å². The van der Waals surface area contributed by atoms with E-state index in [4.69, 9.17) is 0 Å². The highest BCUT2D eigenvalue weighted by atomic mass is 15.1. The zero-order valence-corrected chi connectivity index (χ0v) is 7.10. The van der Waals surface area contributed by atoms with Crippen LogP contribution in [0, 0.1) is 0 Å². The molecule has 0 aliphatic heterocycles. The molecule has 0 N–H and O–H groups in total. The number of hydrogen-bond donors (Lipinski definition) is 0. The Kier molecular flexibility index (Phi) is 3.07. The van der Waals surface area contributed by atoms with Gasteiger partial charge in [-0.05, 0) is 12.1 Å². The first-order valence-corrected chi connectivity index (χ1v) is 3.55. The van der Waals surface area contributed by atoms with Crippen molar-refractivity contribution < 1.29 is 0 Å². The van der Waals surface area contributed by atoms with E-state index in [0.29, 0.717) is 0 Å². The Labute approximate surface area is 71.1 Å². The van der Waals surface area contributed by atoms with Crippen molar-refractivity contribution in [2.75, 3.05) is 14.1 Å². The molecule has 0 aliphatic carbocycles. The van der Waals surface area contributed by atoms with Crippen LogP contribution in [0.2, 0.25) is 0 Å². The molecule has 0 spiro atoms. The molecule has 0 fully saturated rings. The van der Waals surface area contributed by atoms with Gasteiger partial charge in [-0.25, -0.2) is 0 Å². The van der Waals surface area contributed by atoms with E-state index in [0.717, 1.165) is 11.4 Å². The zero-order valence-electron chi connectivity index (χ0n) is 7.10. The van der Waals surface area contributed by atoms with Crippen molar-refractivity contribution in [2.45, 2.75) is 0 Å². The Hall–Kier alpha value is -1.58. The van der Waals surface area contributed by atoms with Gasteiger partial charge in [-0.2, -0.15) is 0 Å². The van der Waals surface area contributed by atoms with Gasteiger partial charge in [0.2, 0.25) is 0 Å². The van der Waals surface area contributed by atoms with Crippen LogP contribution in [0.4, 0.5) is 0 Å². The fraction of sp³-hybridized carbons (Fsp3) is 0.250. The summed E-state index contributed by atoms with van der Waals surface area (Å²) in [6, 6.07) is 3.69. The maximum Gasteiger partial charge on any atom is 0.104 e. The van der Waals surface area contributed by atoms with Crippen LogP contribution in [-0.2, 0) is 0 Å². The van der Waals surface area contributed by atoms with E-state index in [9.17, 15) is 0 Å². The van der Waals surface area contributed by atoms with Crippen LogP contribution in [0.1, 0.15) is 11.4 Å². The molecule has 1 rings (SSSR count). The summed E-state index contributed by atoms with van der Waals surface area (Å²) in [6.45, 7) is 0. The Morgan fingerprint density at radius 2 is 1.42 bits per heavy atom. The normalized spacial score (nSPS) is 11.5. The molecule has 4 nitrogen and oxygen atoms in total. The summed E-state index contributed by atoms with van der Waals surface area (Å²) in [5.41, 5.74) is 1.51. The molecule has 62 valence electrons. The Balaban J connectivity index is 2.85. The fourth-order valence-corrected chi connectivity index (χ4v) is 0.755. The summed E-state index contributed by atoms with van der Waals surface area (Å²) < 4.78 is 0. The maximum absolute atomic E-state index is 3.90. The molecule has 0 saturated heterocycles. The van der Waals surface area contributed by atoms with Crippen molar-refractivity contribution in [3.63, 3.8) is 0 Å². The minimum absolute atomic E-state index is 0.755. The second-order valence-corrected chi connectivity index (χ2v) is 2.16. The first-order chi connectivity index (χ1) is 5.86. The Morgan fingerprint density at radius 3 is 1.67 bits per heavy atom. The predicted molar refractivity (Wildman–Crippen MR) is 49.1 cm³/mol. The minimum Gasteiger partial charge on any atom is -0.294 e. The van der Waals surface area contributed by atoms with Gasteiger partial charge in [0.05, 0.1) is 0 Å². The summed E-state index contributed by atoms with van der Waals surface area (Å²) in [5, 5.41) is 7.79. The van der Waals surface area contributed by atoms with Gasteiger partial charge in [0.1, 0.15) is 11.4 Å². The summed E-state index contributed by atoms with van der Waals surface area (Å²) in [7, 11) is 3.40. The van der Waals surface area contributed by atoms with Crippen LogP contribution >= 0.6 is 0 Å². The second kappa shape index (κ2) is 4.33. The van der Waals surface area contributed by atoms with Gasteiger partial charge < -0.3 is 0 Å². The number of hydrogen-bond acceptors (Lipinski definition) is 4. The average Bonchev–Trinajstić information content (AvgIpc) is 2.09. The number of rotatable bonds is 2. The van der Waals surface area contributed by atoms with E-state index in [1.165, 1.54) is 0 Å². The molecule has 0 aliphatic rings. The molecule has 0 atom stereocenters. The van der Waals surface area contributed by atoms with Gasteiger partial charge in [0.25, 0.3) is 0 Å². The molecule has 0 aromatic carbocycles. The standard InChI is InChI=1S/C8H10N4/c1-9-5-7-3-4-8(6-10-2)12-11-7/h3-6H,1-2H3. The van der Waals surface area contributed by atoms with Crippen molar-refractivity contribution in [1.82, 2.24) is 10.2 Å². The van der Waals surface area contributed by atoms with Gasteiger partial charge in [0.15, 0.2) is 0 Å². The third kappa shape index (κ3) is 2.23. The zero-order chi connectivity index (χ0) is 8.81. The molecule has 4 heteroatoms. The molecular weight excluding hydrogens is 152 g/mol. The number of aromatic nitrogens is 2. The minimum atomic E-state index is 0.755. The third-order valence-corrected chi connectivity index (χ3v) is 1.23. The second-order valence-electron chi connectivity index (χ2n) is 2.16. The van der Waals surface area contributed by atoms with Gasteiger partial charge in [0, 0.05) is 26.5 Å². The van der Waals surface area contributed by atoms with Crippen LogP contribution in [0.5, 0.6) is 0 Å². The Bertz CT molecular complexity index is 255. The van der Waals surface area contributed by atoms with E-state index < -0.39 is 0 Å². The molecule has 0 amide bonds. The van der Waals surface area contributed by atoms with Crippen LogP contribution < -0.4 is 0 Å². The topological polar surface area (TPSA) is 50.5 Å². The average molecular weight is 162 g/mol. The Morgan fingerprint density at radius 1 is 1.00 bits per heavy atom. The molecule has 0 radical (unpaired) electrons. The summed E-state index contributed by atoms with van der Waals surface area (Å²) in [5.74, 6) is 0. The third-order valence-electron chi connectivity index (χ3n) is 1.23. The summed E-state index contributed by atoms with van der Waals surface area (Å²) in [6.07, 6.45) is 3.31. The van der Waals surface area contributed by atoms with Crippen molar-refractivity contribution in [3.8, 4) is 0 Å². The highest BCUT2D eigenvalue weighted by molar-refractivity contribution is 5.79. The fourth-order valence-electron chi connectivity index (χ4n) is 0.755. The van der Waals surface area contributed by atoms with Gasteiger partial charge in [-0.1, -0.05) is 0 Å². The largest absolute Gasteiger partial charge is 0.294 e. The van der Waals surface area contributed by atoms with Crippen molar-refractivity contribution in [3.05, 3.63) is 23.5 Å². The summed E-state index contributed by atoms with van der Waals surface area (Å²) in [4.78, 5) is 7.64. The van der Waals surface area contributed by atoms with Gasteiger partial charge in [-0.3, -0.25) is 9.98 Å². The molecule has 1 aromatic rings. The van der Waals surface area contributed by atoms with Crippen molar-refractivity contribution in [2.24, 2.45) is 9.98 Å². The molecule has 1 heterocycles. The van der Waals surface area contributed by atoms with E-state index in [2.05, 4.69) is 20.2 Å². The van der Waals surface area contributed by atoms with Crippen molar-refractivity contribution in [1.29, 1.82) is 0 Å². The molecule has 0 bridgehead atoms. The maximum atomic E-state index is 3.90. The smallest absolute Gasteiger partial charge is 0.104 e. The SMILES string of the molecule is CN=Cc1ccc(C=NC)nn1. The van der Waals surface area contributed by atoms with Crippen LogP contribution in [0.3, 0.4) is 0 Å². The molecule has 0 unspecified atom stereocenters. The number of nitrogens with zero attached hydrogens (tertiary/aromatic N) is 4. The lowest BCUT2D eigenvalue weighted by Gasteiger charge is -1.90. The van der Waals surface area contributed by atoms with Crippen LogP contribution in [-0.4, -0.2) is 36.7 Å². The van der Waals surface area contributed by atoms with Crippen LogP contribution in [0.25, 0.3) is 0 Å². The first-order valence-electron chi connectivity index (χ1n) is 3.55. The molecule has 0 saturated carbocycles. The lowest BCUT2D eigenvalue weighted by Crippen LogP contribution is -1.95. The number of aliphatic imine (C=N–C) groups is 2. The first kappa shape index (κ1) is 8.52. The van der Waals surface area contributed by atoms with Gasteiger partial charge >= 0.3 is 0 Å². The molecule has 12 heavy (non-hydrogen) atoms. The summed E-state index contributed by atoms with van der Waals surface area (Å²) >= 11 is 0. The highest BCUT2D eigenvalue weighted by Gasteiger charge is 1.90. The van der Waals surface area contributed by atoms with E-state index in [1.54, 1.807) is 26.5 Å². The van der Waals surface area contributed by atoms with E-state index in [-0.39, 0.29) is 0 Å². The monoisotopic (exact) mass is 162 g/mol.